The third kappa shape index (κ3) is 6.05. The molecule has 1 aliphatic carbocycles. The molecule has 1 aliphatic heterocycles. The standard InChI is InChI=1S/C26H32ClN3O4S/c1-19-7-13-23(14-8-19)35(33,34)29-16-15-24(31)30(18-17-29)25(20-9-11-21(27)12-10-20)26(32)28-22-5-3-2-4-6-22/h7-14,22,25H,2-6,15-18H2,1H3,(H,28,32). The SMILES string of the molecule is Cc1ccc(S(=O)(=O)N2CCC(=O)N(C(C(=O)NC3CCCCC3)c3ccc(Cl)cc3)CC2)cc1. The maximum absolute atomic E-state index is 13.5. The Labute approximate surface area is 212 Å². The van der Waals surface area contributed by atoms with Gasteiger partial charge >= 0.3 is 0 Å². The first kappa shape index (κ1) is 25.7. The fourth-order valence-electron chi connectivity index (χ4n) is 4.84. The van der Waals surface area contributed by atoms with Crippen molar-refractivity contribution in [1.82, 2.24) is 14.5 Å². The predicted molar refractivity (Wildman–Crippen MR) is 135 cm³/mol. The average Bonchev–Trinajstić information content (AvgIpc) is 3.04. The highest BCUT2D eigenvalue weighted by atomic mass is 35.5. The van der Waals surface area contributed by atoms with Crippen LogP contribution in [0.4, 0.5) is 0 Å². The third-order valence-corrected chi connectivity index (χ3v) is 9.01. The number of nitrogens with one attached hydrogen (secondary N) is 1. The molecule has 2 aliphatic rings. The fraction of sp³-hybridized carbons (Fsp3) is 0.462. The van der Waals surface area contributed by atoms with E-state index in [9.17, 15) is 18.0 Å². The second-order valence-corrected chi connectivity index (χ2v) is 11.7. The second kappa shape index (κ2) is 11.1. The summed E-state index contributed by atoms with van der Waals surface area (Å²) in [5.41, 5.74) is 1.63. The van der Waals surface area contributed by atoms with Crippen LogP contribution in [0.5, 0.6) is 0 Å². The molecule has 0 spiro atoms. The molecule has 1 atom stereocenters. The van der Waals surface area contributed by atoms with E-state index in [0.717, 1.165) is 31.2 Å². The molecule has 1 saturated carbocycles. The van der Waals surface area contributed by atoms with Crippen LogP contribution < -0.4 is 5.32 Å². The molecular weight excluding hydrogens is 486 g/mol. The topological polar surface area (TPSA) is 86.8 Å². The highest BCUT2D eigenvalue weighted by Crippen LogP contribution is 2.28. The molecule has 2 fully saturated rings. The van der Waals surface area contributed by atoms with E-state index < -0.39 is 16.1 Å². The Bertz CT molecular complexity index is 1150. The monoisotopic (exact) mass is 517 g/mol. The van der Waals surface area contributed by atoms with Crippen LogP contribution in [0.2, 0.25) is 5.02 Å². The number of rotatable bonds is 6. The number of nitrogens with zero attached hydrogens (tertiary/aromatic N) is 2. The Hall–Kier alpha value is -2.42. The van der Waals surface area contributed by atoms with Gasteiger partial charge in [-0.25, -0.2) is 8.42 Å². The molecule has 2 amide bonds. The predicted octanol–water partition coefficient (Wildman–Crippen LogP) is 4.06. The lowest BCUT2D eigenvalue weighted by Gasteiger charge is -2.32. The molecule has 2 aromatic rings. The molecule has 1 saturated heterocycles. The van der Waals surface area contributed by atoms with E-state index in [-0.39, 0.29) is 48.8 Å². The van der Waals surface area contributed by atoms with E-state index in [1.165, 1.54) is 15.6 Å². The first-order valence-electron chi connectivity index (χ1n) is 12.2. The van der Waals surface area contributed by atoms with E-state index in [1.54, 1.807) is 48.5 Å². The van der Waals surface area contributed by atoms with Gasteiger partial charge in [0.25, 0.3) is 0 Å². The minimum atomic E-state index is -3.75. The lowest BCUT2D eigenvalue weighted by Crippen LogP contribution is -2.47. The van der Waals surface area contributed by atoms with E-state index in [4.69, 9.17) is 11.6 Å². The Morgan fingerprint density at radius 1 is 0.971 bits per heavy atom. The van der Waals surface area contributed by atoms with Crippen molar-refractivity contribution < 1.29 is 18.0 Å². The van der Waals surface area contributed by atoms with Crippen molar-refractivity contribution in [3.05, 3.63) is 64.7 Å². The zero-order chi connectivity index (χ0) is 25.0. The number of halogens is 1. The third-order valence-electron chi connectivity index (χ3n) is 6.84. The van der Waals surface area contributed by atoms with Crippen LogP contribution in [-0.4, -0.2) is 55.1 Å². The molecule has 35 heavy (non-hydrogen) atoms. The normalized spacial score (nSPS) is 19.3. The van der Waals surface area contributed by atoms with Crippen LogP contribution in [0.3, 0.4) is 0 Å². The smallest absolute Gasteiger partial charge is 0.247 e. The van der Waals surface area contributed by atoms with Crippen LogP contribution in [0.1, 0.15) is 55.7 Å². The lowest BCUT2D eigenvalue weighted by molar-refractivity contribution is -0.140. The molecule has 1 heterocycles. The Morgan fingerprint density at radius 3 is 2.29 bits per heavy atom. The molecule has 0 aromatic heterocycles. The van der Waals surface area contributed by atoms with E-state index >= 15 is 0 Å². The summed E-state index contributed by atoms with van der Waals surface area (Å²) >= 11 is 6.07. The number of aryl methyl sites for hydroxylation is 1. The number of amides is 2. The summed E-state index contributed by atoms with van der Waals surface area (Å²) in [6, 6.07) is 12.9. The van der Waals surface area contributed by atoms with Gasteiger partial charge in [0.05, 0.1) is 4.90 Å². The highest BCUT2D eigenvalue weighted by molar-refractivity contribution is 7.89. The summed E-state index contributed by atoms with van der Waals surface area (Å²) in [6.07, 6.45) is 5.18. The first-order valence-corrected chi connectivity index (χ1v) is 14.0. The van der Waals surface area contributed by atoms with E-state index in [2.05, 4.69) is 5.32 Å². The molecule has 1 N–H and O–H groups in total. The van der Waals surface area contributed by atoms with Crippen LogP contribution in [0.25, 0.3) is 0 Å². The molecular formula is C26H32ClN3O4S. The van der Waals surface area contributed by atoms with Gasteiger partial charge in [-0.1, -0.05) is 60.7 Å². The van der Waals surface area contributed by atoms with Crippen molar-refractivity contribution in [2.45, 2.75) is 62.4 Å². The molecule has 0 bridgehead atoms. The van der Waals surface area contributed by atoms with Crippen molar-refractivity contribution in [2.24, 2.45) is 0 Å². The average molecular weight is 518 g/mol. The zero-order valence-electron chi connectivity index (χ0n) is 20.0. The highest BCUT2D eigenvalue weighted by Gasteiger charge is 2.36. The summed E-state index contributed by atoms with van der Waals surface area (Å²) in [6.45, 7) is 2.20. The number of benzene rings is 2. The molecule has 188 valence electrons. The second-order valence-electron chi connectivity index (χ2n) is 9.35. The molecule has 2 aromatic carbocycles. The van der Waals surface area contributed by atoms with Crippen molar-refractivity contribution in [3.63, 3.8) is 0 Å². The quantitative estimate of drug-likeness (QED) is 0.626. The number of hydrogen-bond acceptors (Lipinski definition) is 4. The Morgan fingerprint density at radius 2 is 1.63 bits per heavy atom. The fourth-order valence-corrected chi connectivity index (χ4v) is 6.40. The maximum atomic E-state index is 13.5. The summed E-state index contributed by atoms with van der Waals surface area (Å²) in [5.74, 6) is -0.479. The summed E-state index contributed by atoms with van der Waals surface area (Å²) in [5, 5.41) is 3.68. The minimum Gasteiger partial charge on any atom is -0.351 e. The summed E-state index contributed by atoms with van der Waals surface area (Å²) in [7, 11) is -3.75. The van der Waals surface area contributed by atoms with Gasteiger partial charge in [0.2, 0.25) is 21.8 Å². The number of carbonyl (C=O) groups excluding carboxylic acids is 2. The zero-order valence-corrected chi connectivity index (χ0v) is 21.5. The van der Waals surface area contributed by atoms with Crippen LogP contribution in [0.15, 0.2) is 53.4 Å². The number of sulfonamides is 1. The van der Waals surface area contributed by atoms with Gasteiger partial charge < -0.3 is 10.2 Å². The molecule has 9 heteroatoms. The Kier molecular flexibility index (Phi) is 8.14. The molecule has 7 nitrogen and oxygen atoms in total. The maximum Gasteiger partial charge on any atom is 0.247 e. The van der Waals surface area contributed by atoms with Gasteiger partial charge in [-0.3, -0.25) is 9.59 Å². The lowest BCUT2D eigenvalue weighted by atomic mass is 9.94. The van der Waals surface area contributed by atoms with Crippen molar-refractivity contribution in [1.29, 1.82) is 0 Å². The van der Waals surface area contributed by atoms with Crippen molar-refractivity contribution >= 4 is 33.4 Å². The van der Waals surface area contributed by atoms with Gasteiger partial charge in [-0.15, -0.1) is 0 Å². The molecule has 4 rings (SSSR count). The Balaban J connectivity index is 1.58. The van der Waals surface area contributed by atoms with Crippen LogP contribution in [-0.2, 0) is 19.6 Å². The van der Waals surface area contributed by atoms with Crippen molar-refractivity contribution in [3.8, 4) is 0 Å². The van der Waals surface area contributed by atoms with Crippen LogP contribution >= 0.6 is 11.6 Å². The van der Waals surface area contributed by atoms with E-state index in [1.807, 2.05) is 6.92 Å². The van der Waals surface area contributed by atoms with Crippen molar-refractivity contribution in [2.75, 3.05) is 19.6 Å². The number of hydrogen-bond donors (Lipinski definition) is 1. The van der Waals surface area contributed by atoms with E-state index in [0.29, 0.717) is 10.6 Å². The minimum absolute atomic E-state index is 0.00584. The molecule has 1 unspecified atom stereocenters. The van der Waals surface area contributed by atoms with Gasteiger partial charge in [0.15, 0.2) is 0 Å². The van der Waals surface area contributed by atoms with Gasteiger partial charge in [0, 0.05) is 37.1 Å². The summed E-state index contributed by atoms with van der Waals surface area (Å²) < 4.78 is 27.8. The molecule has 0 radical (unpaired) electrons. The van der Waals surface area contributed by atoms with Gasteiger partial charge in [-0.05, 0) is 49.6 Å². The summed E-state index contributed by atoms with van der Waals surface area (Å²) in [4.78, 5) is 28.5. The largest absolute Gasteiger partial charge is 0.351 e. The van der Waals surface area contributed by atoms with Gasteiger partial charge in [0.1, 0.15) is 6.04 Å². The number of carbonyl (C=O) groups is 2. The first-order chi connectivity index (χ1) is 16.8. The van der Waals surface area contributed by atoms with Gasteiger partial charge in [-0.2, -0.15) is 4.31 Å². The van der Waals surface area contributed by atoms with Crippen LogP contribution in [0, 0.1) is 6.92 Å².